The van der Waals surface area contributed by atoms with Crippen LogP contribution in [-0.4, -0.2) is 43.2 Å². The van der Waals surface area contributed by atoms with Crippen molar-refractivity contribution in [3.05, 3.63) is 64.7 Å². The highest BCUT2D eigenvalue weighted by Gasteiger charge is 2.24. The van der Waals surface area contributed by atoms with Gasteiger partial charge in [-0.2, -0.15) is 4.31 Å². The molecule has 5 nitrogen and oxygen atoms in total. The molecular weight excluding hydrogens is 408 g/mol. The van der Waals surface area contributed by atoms with Crippen molar-refractivity contribution in [2.45, 2.75) is 38.1 Å². The van der Waals surface area contributed by atoms with E-state index in [0.717, 1.165) is 31.5 Å². The molecule has 1 amide bonds. The molecule has 1 aliphatic heterocycles. The van der Waals surface area contributed by atoms with Crippen molar-refractivity contribution >= 4 is 27.5 Å². The lowest BCUT2D eigenvalue weighted by Gasteiger charge is -2.31. The summed E-state index contributed by atoms with van der Waals surface area (Å²) in [4.78, 5) is 14.8. The number of carbonyl (C=O) groups is 1. The van der Waals surface area contributed by atoms with Crippen molar-refractivity contribution in [2.24, 2.45) is 5.92 Å². The molecule has 1 saturated heterocycles. The highest BCUT2D eigenvalue weighted by molar-refractivity contribution is 7.89. The highest BCUT2D eigenvalue weighted by Crippen LogP contribution is 2.22. The van der Waals surface area contributed by atoms with Crippen LogP contribution in [0.2, 0.25) is 5.02 Å². The molecule has 7 heteroatoms. The maximum atomic E-state index is 12.9. The Kier molecular flexibility index (Phi) is 6.98. The lowest BCUT2D eigenvalue weighted by molar-refractivity contribution is 0.0683. The lowest BCUT2D eigenvalue weighted by Crippen LogP contribution is -2.39. The van der Waals surface area contributed by atoms with Crippen molar-refractivity contribution < 1.29 is 13.2 Å². The molecule has 1 heterocycles. The van der Waals surface area contributed by atoms with E-state index >= 15 is 0 Å². The first-order chi connectivity index (χ1) is 13.8. The predicted molar refractivity (Wildman–Crippen MR) is 115 cm³/mol. The van der Waals surface area contributed by atoms with E-state index in [-0.39, 0.29) is 17.3 Å². The van der Waals surface area contributed by atoms with Crippen LogP contribution in [0, 0.1) is 5.92 Å². The van der Waals surface area contributed by atoms with Crippen molar-refractivity contribution in [3.8, 4) is 0 Å². The molecule has 156 valence electrons. The average Bonchev–Trinajstić information content (AvgIpc) is 2.72. The van der Waals surface area contributed by atoms with Gasteiger partial charge in [0.25, 0.3) is 5.91 Å². The van der Waals surface area contributed by atoms with Gasteiger partial charge in [0.2, 0.25) is 10.0 Å². The molecule has 0 spiro atoms. The number of rotatable bonds is 6. The molecule has 0 N–H and O–H groups in total. The van der Waals surface area contributed by atoms with Gasteiger partial charge in [-0.1, -0.05) is 37.6 Å². The van der Waals surface area contributed by atoms with Gasteiger partial charge in [-0.25, -0.2) is 8.42 Å². The number of carbonyl (C=O) groups excluding carboxylic acids is 1. The van der Waals surface area contributed by atoms with E-state index in [1.807, 2.05) is 24.0 Å². The molecule has 0 bridgehead atoms. The summed E-state index contributed by atoms with van der Waals surface area (Å²) in [6.45, 7) is 6.16. The van der Waals surface area contributed by atoms with Crippen LogP contribution in [0.1, 0.15) is 42.6 Å². The summed E-state index contributed by atoms with van der Waals surface area (Å²) in [5.74, 6) is 0.576. The molecule has 2 aromatic carbocycles. The van der Waals surface area contributed by atoms with Gasteiger partial charge >= 0.3 is 0 Å². The zero-order chi connectivity index (χ0) is 21.0. The molecule has 3 rings (SSSR count). The number of sulfonamides is 1. The van der Waals surface area contributed by atoms with E-state index in [4.69, 9.17) is 11.6 Å². The average molecular weight is 435 g/mol. The number of likely N-dealkylation sites (tertiary alicyclic amines) is 1. The topological polar surface area (TPSA) is 57.7 Å². The zero-order valence-corrected chi connectivity index (χ0v) is 18.4. The summed E-state index contributed by atoms with van der Waals surface area (Å²) in [6, 6.07) is 13.4. The third-order valence-electron chi connectivity index (χ3n) is 5.31. The SMILES string of the molecule is CCN(Cc1ccc(C(=O)N2CCCC(C)C2)cc1)S(=O)(=O)c1ccc(Cl)cc1. The number of piperidine rings is 1. The molecule has 1 aliphatic rings. The van der Waals surface area contributed by atoms with Crippen molar-refractivity contribution in [1.82, 2.24) is 9.21 Å². The minimum atomic E-state index is -3.62. The molecule has 2 aromatic rings. The molecule has 29 heavy (non-hydrogen) atoms. The zero-order valence-electron chi connectivity index (χ0n) is 16.8. The number of hydrogen-bond donors (Lipinski definition) is 0. The van der Waals surface area contributed by atoms with Gasteiger partial charge in [-0.15, -0.1) is 0 Å². The van der Waals surface area contributed by atoms with E-state index < -0.39 is 10.0 Å². The van der Waals surface area contributed by atoms with Gasteiger partial charge < -0.3 is 4.90 Å². The van der Waals surface area contributed by atoms with Crippen LogP contribution in [0.15, 0.2) is 53.4 Å². The molecule has 1 atom stereocenters. The Morgan fingerprint density at radius 2 is 1.79 bits per heavy atom. The van der Waals surface area contributed by atoms with Crippen LogP contribution in [-0.2, 0) is 16.6 Å². The van der Waals surface area contributed by atoms with Gasteiger partial charge in [0.05, 0.1) is 4.90 Å². The fraction of sp³-hybridized carbons (Fsp3) is 0.409. The molecule has 1 fully saturated rings. The first-order valence-corrected chi connectivity index (χ1v) is 11.8. The molecule has 0 saturated carbocycles. The molecular formula is C22H27ClN2O3S. The summed E-state index contributed by atoms with van der Waals surface area (Å²) >= 11 is 5.87. The Hall–Kier alpha value is -1.89. The molecule has 1 unspecified atom stereocenters. The van der Waals surface area contributed by atoms with Crippen LogP contribution in [0.5, 0.6) is 0 Å². The number of hydrogen-bond acceptors (Lipinski definition) is 3. The number of benzene rings is 2. The predicted octanol–water partition coefficient (Wildman–Crippen LogP) is 4.42. The number of nitrogens with zero attached hydrogens (tertiary/aromatic N) is 2. The van der Waals surface area contributed by atoms with Crippen LogP contribution in [0.25, 0.3) is 0 Å². The third kappa shape index (κ3) is 5.18. The molecule has 0 aromatic heterocycles. The Morgan fingerprint density at radius 3 is 2.38 bits per heavy atom. The van der Waals surface area contributed by atoms with E-state index in [1.54, 1.807) is 24.3 Å². The summed E-state index contributed by atoms with van der Waals surface area (Å²) in [5, 5.41) is 0.496. The molecule has 0 radical (unpaired) electrons. The van der Waals surface area contributed by atoms with Crippen molar-refractivity contribution in [1.29, 1.82) is 0 Å². The quantitative estimate of drug-likeness (QED) is 0.676. The Labute approximate surface area is 178 Å². The number of halogens is 1. The second kappa shape index (κ2) is 9.28. The Morgan fingerprint density at radius 1 is 1.14 bits per heavy atom. The monoisotopic (exact) mass is 434 g/mol. The second-order valence-electron chi connectivity index (χ2n) is 7.58. The van der Waals surface area contributed by atoms with Crippen LogP contribution in [0.4, 0.5) is 0 Å². The van der Waals surface area contributed by atoms with Gasteiger partial charge in [-0.3, -0.25) is 4.79 Å². The van der Waals surface area contributed by atoms with Gasteiger partial charge in [0, 0.05) is 36.8 Å². The fourth-order valence-corrected chi connectivity index (χ4v) is 5.20. The van der Waals surface area contributed by atoms with E-state index in [1.165, 1.54) is 16.4 Å². The van der Waals surface area contributed by atoms with E-state index in [9.17, 15) is 13.2 Å². The molecule has 0 aliphatic carbocycles. The van der Waals surface area contributed by atoms with Crippen molar-refractivity contribution in [2.75, 3.05) is 19.6 Å². The maximum absolute atomic E-state index is 12.9. The minimum Gasteiger partial charge on any atom is -0.338 e. The van der Waals surface area contributed by atoms with Gasteiger partial charge in [0.1, 0.15) is 0 Å². The second-order valence-corrected chi connectivity index (χ2v) is 9.95. The fourth-order valence-electron chi connectivity index (χ4n) is 3.64. The first-order valence-electron chi connectivity index (χ1n) is 9.95. The maximum Gasteiger partial charge on any atom is 0.253 e. The smallest absolute Gasteiger partial charge is 0.253 e. The standard InChI is InChI=1S/C22H27ClN2O3S/c1-3-25(29(27,28)21-12-10-20(23)11-13-21)16-18-6-8-19(9-7-18)22(26)24-14-4-5-17(2)15-24/h6-13,17H,3-5,14-16H2,1-2H3. The summed E-state index contributed by atoms with van der Waals surface area (Å²) in [6.07, 6.45) is 2.21. The normalized spacial score (nSPS) is 17.5. The number of amides is 1. The minimum absolute atomic E-state index is 0.0456. The van der Waals surface area contributed by atoms with Gasteiger partial charge in [-0.05, 0) is 60.7 Å². The van der Waals surface area contributed by atoms with Gasteiger partial charge in [0.15, 0.2) is 0 Å². The van der Waals surface area contributed by atoms with E-state index in [0.29, 0.717) is 23.0 Å². The third-order valence-corrected chi connectivity index (χ3v) is 7.50. The van der Waals surface area contributed by atoms with Crippen LogP contribution in [0.3, 0.4) is 0 Å². The Balaban J connectivity index is 1.72. The highest BCUT2D eigenvalue weighted by atomic mass is 35.5. The largest absolute Gasteiger partial charge is 0.338 e. The van der Waals surface area contributed by atoms with Crippen molar-refractivity contribution in [3.63, 3.8) is 0 Å². The van der Waals surface area contributed by atoms with Crippen LogP contribution >= 0.6 is 11.6 Å². The summed E-state index contributed by atoms with van der Waals surface area (Å²) in [7, 11) is -3.62. The van der Waals surface area contributed by atoms with Crippen LogP contribution < -0.4 is 0 Å². The summed E-state index contributed by atoms with van der Waals surface area (Å²) in [5.41, 5.74) is 1.49. The first kappa shape index (κ1) is 21.8. The lowest BCUT2D eigenvalue weighted by atomic mass is 9.99. The Bertz CT molecular complexity index is 943. The van der Waals surface area contributed by atoms with E-state index in [2.05, 4.69) is 6.92 Å². The summed E-state index contributed by atoms with van der Waals surface area (Å²) < 4.78 is 27.2.